The number of hydrogen-bond acceptors (Lipinski definition) is 10. The quantitative estimate of drug-likeness (QED) is 0.244. The second-order valence-corrected chi connectivity index (χ2v) is 13.1. The van der Waals surface area contributed by atoms with E-state index in [2.05, 4.69) is 10.3 Å². The number of nitrogens with zero attached hydrogens (tertiary/aromatic N) is 2. The van der Waals surface area contributed by atoms with E-state index in [1.54, 1.807) is 4.57 Å². The van der Waals surface area contributed by atoms with Crippen LogP contribution in [0.15, 0.2) is 23.2 Å². The van der Waals surface area contributed by atoms with Crippen molar-refractivity contribution in [3.8, 4) is 5.75 Å². The molecule has 1 aromatic carbocycles. The highest BCUT2D eigenvalue weighted by atomic mass is 32.2. The molecule has 2 aromatic heterocycles. The molecule has 40 heavy (non-hydrogen) atoms. The topological polar surface area (TPSA) is 142 Å². The lowest BCUT2D eigenvalue weighted by Crippen LogP contribution is -2.28. The van der Waals surface area contributed by atoms with Gasteiger partial charge in [0.15, 0.2) is 14.6 Å². The van der Waals surface area contributed by atoms with Crippen molar-refractivity contribution in [1.82, 2.24) is 4.57 Å². The van der Waals surface area contributed by atoms with Crippen LogP contribution in [0.5, 0.6) is 5.75 Å². The Morgan fingerprint density at radius 1 is 1.10 bits per heavy atom. The van der Waals surface area contributed by atoms with Gasteiger partial charge >= 0.3 is 5.97 Å². The average molecular weight is 610 g/mol. The summed E-state index contributed by atoms with van der Waals surface area (Å²) in [4.78, 5) is 43.1. The van der Waals surface area contributed by atoms with E-state index in [4.69, 9.17) is 14.2 Å². The Labute approximate surface area is 239 Å². The van der Waals surface area contributed by atoms with Gasteiger partial charge in [-0.05, 0) is 56.9 Å². The number of thiophene rings is 1. The molecular weight excluding hydrogens is 579 g/mol. The zero-order valence-electron chi connectivity index (χ0n) is 22.5. The van der Waals surface area contributed by atoms with Crippen LogP contribution >= 0.6 is 22.7 Å². The minimum atomic E-state index is -4.15. The van der Waals surface area contributed by atoms with Gasteiger partial charge in [0.05, 0.1) is 36.1 Å². The Morgan fingerprint density at radius 2 is 1.90 bits per heavy atom. The van der Waals surface area contributed by atoms with Crippen LogP contribution in [0.1, 0.15) is 41.1 Å². The first kappa shape index (κ1) is 29.9. The molecule has 0 unspecified atom stereocenters. The fraction of sp³-hybridized carbons (Fsp3) is 0.462. The normalized spacial score (nSPS) is 13.4. The highest BCUT2D eigenvalue weighted by Gasteiger charge is 2.29. The van der Waals surface area contributed by atoms with Gasteiger partial charge in [-0.1, -0.05) is 11.3 Å². The highest BCUT2D eigenvalue weighted by Crippen LogP contribution is 2.39. The van der Waals surface area contributed by atoms with E-state index >= 15 is 0 Å². The molecule has 4 rings (SSSR count). The van der Waals surface area contributed by atoms with Crippen LogP contribution in [0.25, 0.3) is 10.2 Å². The zero-order valence-corrected chi connectivity index (χ0v) is 24.9. The number of benzene rings is 1. The number of methoxy groups -OCH3 is 1. The van der Waals surface area contributed by atoms with Crippen LogP contribution in [0.2, 0.25) is 0 Å². The van der Waals surface area contributed by atoms with Gasteiger partial charge in [0, 0.05) is 18.0 Å². The number of hydrogen-bond donors (Lipinski definition) is 1. The van der Waals surface area contributed by atoms with Gasteiger partial charge in [-0.3, -0.25) is 9.59 Å². The minimum Gasteiger partial charge on any atom is -0.494 e. The van der Waals surface area contributed by atoms with E-state index in [1.807, 2.05) is 32.0 Å². The van der Waals surface area contributed by atoms with E-state index in [1.165, 1.54) is 29.8 Å². The summed E-state index contributed by atoms with van der Waals surface area (Å²) in [6.45, 7) is 5.58. The van der Waals surface area contributed by atoms with E-state index in [-0.39, 0.29) is 10.6 Å². The van der Waals surface area contributed by atoms with Gasteiger partial charge in [0.2, 0.25) is 5.91 Å². The number of nitrogens with one attached hydrogen (secondary N) is 1. The number of fused-ring (bicyclic) bond motifs is 2. The number of carbonyl (C=O) groups excluding carboxylic acids is 3. The number of rotatable bonds is 12. The first-order valence-corrected chi connectivity index (χ1v) is 16.3. The van der Waals surface area contributed by atoms with Gasteiger partial charge in [0.25, 0.3) is 5.91 Å². The maximum Gasteiger partial charge on any atom is 0.341 e. The molecule has 0 aliphatic heterocycles. The third-order valence-corrected chi connectivity index (χ3v) is 9.74. The molecule has 0 spiro atoms. The van der Waals surface area contributed by atoms with E-state index in [0.717, 1.165) is 33.5 Å². The summed E-state index contributed by atoms with van der Waals surface area (Å²) >= 11 is 2.48. The molecule has 0 fully saturated rings. The molecule has 3 aromatic rings. The Bertz CT molecular complexity index is 1600. The Balaban J connectivity index is 1.51. The maximum absolute atomic E-state index is 12.8. The number of amides is 2. The summed E-state index contributed by atoms with van der Waals surface area (Å²) in [7, 11) is -2.90. The van der Waals surface area contributed by atoms with Crippen molar-refractivity contribution in [2.24, 2.45) is 4.99 Å². The Kier molecular flexibility index (Phi) is 9.77. The predicted octanol–water partition coefficient (Wildman–Crippen LogP) is 2.96. The van der Waals surface area contributed by atoms with Gasteiger partial charge in [-0.15, -0.1) is 11.3 Å². The number of sulfone groups is 1. The van der Waals surface area contributed by atoms with Crippen molar-refractivity contribution in [1.29, 1.82) is 0 Å². The summed E-state index contributed by atoms with van der Waals surface area (Å²) in [5.74, 6) is -3.50. The minimum absolute atomic E-state index is 0.264. The third-order valence-electron chi connectivity index (χ3n) is 6.11. The smallest absolute Gasteiger partial charge is 0.341 e. The summed E-state index contributed by atoms with van der Waals surface area (Å²) in [5.41, 5.74) is 1.91. The summed E-state index contributed by atoms with van der Waals surface area (Å²) in [6, 6.07) is 5.52. The van der Waals surface area contributed by atoms with Crippen LogP contribution in [0, 0.1) is 0 Å². The van der Waals surface area contributed by atoms with E-state index < -0.39 is 39.1 Å². The van der Waals surface area contributed by atoms with Crippen LogP contribution in [-0.2, 0) is 48.3 Å². The average Bonchev–Trinajstić information content (AvgIpc) is 3.56. The first-order chi connectivity index (χ1) is 19.2. The van der Waals surface area contributed by atoms with E-state index in [0.29, 0.717) is 43.3 Å². The summed E-state index contributed by atoms with van der Waals surface area (Å²) < 4.78 is 44.0. The van der Waals surface area contributed by atoms with Gasteiger partial charge < -0.3 is 24.1 Å². The van der Waals surface area contributed by atoms with Crippen molar-refractivity contribution in [3.05, 3.63) is 39.0 Å². The third kappa shape index (κ3) is 6.97. The molecule has 216 valence electrons. The maximum atomic E-state index is 12.8. The number of aromatic nitrogens is 1. The fourth-order valence-corrected chi connectivity index (χ4v) is 7.87. The molecule has 14 heteroatoms. The van der Waals surface area contributed by atoms with Crippen molar-refractivity contribution in [3.63, 3.8) is 0 Å². The van der Waals surface area contributed by atoms with Crippen LogP contribution in [-0.4, -0.2) is 69.2 Å². The summed E-state index contributed by atoms with van der Waals surface area (Å²) in [6.07, 6.45) is 2.37. The molecule has 1 aliphatic rings. The Morgan fingerprint density at radius 3 is 2.62 bits per heavy atom. The van der Waals surface area contributed by atoms with Crippen molar-refractivity contribution in [2.75, 3.05) is 43.8 Å². The van der Waals surface area contributed by atoms with Gasteiger partial charge in [-0.25, -0.2) is 13.2 Å². The van der Waals surface area contributed by atoms with Crippen molar-refractivity contribution < 1.29 is 37.0 Å². The highest BCUT2D eigenvalue weighted by molar-refractivity contribution is 7.92. The molecule has 1 aliphatic carbocycles. The molecule has 0 radical (unpaired) electrons. The monoisotopic (exact) mass is 609 g/mol. The standard InChI is InChI=1S/C26H31N3O8S3/c1-4-36-12-11-29-18-10-9-16(37-5-2)13-20(18)39-26(29)28-22(31)15-40(33,34)14-21(30)27-24-23(25(32)35-3)17-7-6-8-19(17)38-24/h9-10,13H,4-8,11-12,14-15H2,1-3H3,(H,27,30). The van der Waals surface area contributed by atoms with E-state index in [9.17, 15) is 22.8 Å². The number of ether oxygens (including phenoxy) is 3. The lowest BCUT2D eigenvalue weighted by atomic mass is 10.1. The van der Waals surface area contributed by atoms with Crippen molar-refractivity contribution >= 4 is 65.5 Å². The number of carbonyl (C=O) groups is 3. The van der Waals surface area contributed by atoms with Crippen LogP contribution in [0.3, 0.4) is 0 Å². The molecule has 0 saturated heterocycles. The second kappa shape index (κ2) is 13.1. The zero-order chi connectivity index (χ0) is 28.9. The van der Waals surface area contributed by atoms with Crippen LogP contribution in [0.4, 0.5) is 5.00 Å². The van der Waals surface area contributed by atoms with Gasteiger partial charge in [-0.2, -0.15) is 4.99 Å². The molecule has 1 N–H and O–H groups in total. The molecule has 0 saturated carbocycles. The lowest BCUT2D eigenvalue weighted by molar-refractivity contribution is -0.115. The van der Waals surface area contributed by atoms with Crippen LogP contribution < -0.4 is 14.9 Å². The SMILES string of the molecule is CCOCCn1c(=NC(=O)CS(=O)(=O)CC(=O)Nc2sc3c(c2C(=O)OC)CCC3)sc2cc(OCC)ccc21. The molecular formula is C26H31N3O8S3. The molecule has 0 atom stereocenters. The summed E-state index contributed by atoms with van der Waals surface area (Å²) in [5, 5.41) is 2.80. The molecule has 2 heterocycles. The van der Waals surface area contributed by atoms with Gasteiger partial charge in [0.1, 0.15) is 22.3 Å². The molecule has 2 amide bonds. The fourth-order valence-electron chi connectivity index (χ4n) is 4.46. The number of aryl methyl sites for hydroxylation is 1. The number of esters is 1. The second-order valence-electron chi connectivity index (χ2n) is 8.93. The number of thiazole rings is 1. The lowest BCUT2D eigenvalue weighted by Gasteiger charge is -2.07. The Hall–Kier alpha value is -3.07. The first-order valence-electron chi connectivity index (χ1n) is 12.8. The van der Waals surface area contributed by atoms with Crippen molar-refractivity contribution in [2.45, 2.75) is 39.7 Å². The number of anilines is 1. The molecule has 0 bridgehead atoms. The largest absolute Gasteiger partial charge is 0.494 e. The molecule has 11 nitrogen and oxygen atoms in total. The predicted molar refractivity (Wildman–Crippen MR) is 153 cm³/mol.